The van der Waals surface area contributed by atoms with Gasteiger partial charge in [-0.05, 0) is 18.2 Å². The Morgan fingerprint density at radius 2 is 1.86 bits per heavy atom. The summed E-state index contributed by atoms with van der Waals surface area (Å²) < 4.78 is 27.3. The molecule has 0 spiro atoms. The van der Waals surface area contributed by atoms with Gasteiger partial charge < -0.3 is 5.11 Å². The summed E-state index contributed by atoms with van der Waals surface area (Å²) in [6.45, 7) is 2.73. The second-order valence-electron chi connectivity index (χ2n) is 4.54. The Labute approximate surface area is 144 Å². The molecule has 0 bridgehead atoms. The van der Waals surface area contributed by atoms with Gasteiger partial charge in [-0.25, -0.2) is 8.42 Å². The fourth-order valence-corrected chi connectivity index (χ4v) is 4.59. The molecule has 0 aromatic heterocycles. The van der Waals surface area contributed by atoms with Crippen LogP contribution in [0.15, 0.2) is 27.6 Å². The summed E-state index contributed by atoms with van der Waals surface area (Å²) in [5, 5.41) is 9.11. The summed E-state index contributed by atoms with van der Waals surface area (Å²) in [6.07, 6.45) is 0. The van der Waals surface area contributed by atoms with Crippen molar-refractivity contribution in [3.8, 4) is 0 Å². The van der Waals surface area contributed by atoms with Crippen LogP contribution in [0.4, 0.5) is 0 Å². The van der Waals surface area contributed by atoms with Crippen LogP contribution in [-0.2, 0) is 10.0 Å². The molecule has 2 rings (SSSR count). The lowest BCUT2D eigenvalue weighted by atomic mass is 10.3. The van der Waals surface area contributed by atoms with Gasteiger partial charge in [-0.3, -0.25) is 4.90 Å². The van der Waals surface area contributed by atoms with E-state index in [-0.39, 0.29) is 28.9 Å². The average Bonchev–Trinajstić information content (AvgIpc) is 2.39. The third-order valence-electron chi connectivity index (χ3n) is 3.26. The largest absolute Gasteiger partial charge is 0.395 e. The van der Waals surface area contributed by atoms with Crippen LogP contribution in [0.5, 0.6) is 0 Å². The molecule has 0 radical (unpaired) electrons. The number of benzene rings is 1. The molecule has 1 saturated heterocycles. The molecule has 21 heavy (non-hydrogen) atoms. The minimum atomic E-state index is -3.56. The summed E-state index contributed by atoms with van der Waals surface area (Å²) in [5.74, 6) is 0. The van der Waals surface area contributed by atoms with E-state index in [1.807, 2.05) is 4.90 Å². The Morgan fingerprint density at radius 1 is 1.24 bits per heavy atom. The zero-order valence-electron chi connectivity index (χ0n) is 11.2. The van der Waals surface area contributed by atoms with Crippen molar-refractivity contribution in [3.63, 3.8) is 0 Å². The number of aliphatic hydroxyl groups excluding tert-OH is 1. The van der Waals surface area contributed by atoms with Crippen LogP contribution in [0, 0.1) is 0 Å². The monoisotopic (exact) mass is 418 g/mol. The average molecular weight is 420 g/mol. The van der Waals surface area contributed by atoms with E-state index < -0.39 is 10.0 Å². The van der Waals surface area contributed by atoms with Crippen molar-refractivity contribution in [1.82, 2.24) is 9.21 Å². The Morgan fingerprint density at radius 3 is 2.38 bits per heavy atom. The summed E-state index contributed by atoms with van der Waals surface area (Å²) in [5.41, 5.74) is 0. The molecule has 1 aromatic carbocycles. The predicted molar refractivity (Wildman–Crippen MR) is 88.7 cm³/mol. The molecule has 120 valence electrons. The first-order valence-corrected chi connectivity index (χ1v) is 8.84. The van der Waals surface area contributed by atoms with Gasteiger partial charge in [0.2, 0.25) is 10.0 Å². The summed E-state index contributed by atoms with van der Waals surface area (Å²) in [6, 6.07) is 4.76. The first kappa shape index (κ1) is 19.2. The van der Waals surface area contributed by atoms with E-state index in [0.29, 0.717) is 32.7 Å². The normalized spacial score (nSPS) is 17.5. The van der Waals surface area contributed by atoms with Gasteiger partial charge in [0.15, 0.2) is 0 Å². The van der Waals surface area contributed by atoms with Crippen molar-refractivity contribution in [3.05, 3.63) is 27.7 Å². The lowest BCUT2D eigenvalue weighted by molar-refractivity contribution is 0.151. The summed E-state index contributed by atoms with van der Waals surface area (Å²) >= 11 is 9.29. The number of sulfonamides is 1. The zero-order chi connectivity index (χ0) is 14.8. The third-order valence-corrected chi connectivity index (χ3v) is 6.13. The SMILES string of the molecule is Cl.O=S(=O)(c1ccc(Br)cc1Cl)N1CCN(CCO)CC1. The highest BCUT2D eigenvalue weighted by atomic mass is 79.9. The van der Waals surface area contributed by atoms with Gasteiger partial charge in [-0.2, -0.15) is 4.31 Å². The molecule has 5 nitrogen and oxygen atoms in total. The number of hydrogen-bond acceptors (Lipinski definition) is 4. The summed E-state index contributed by atoms with van der Waals surface area (Å²) in [4.78, 5) is 2.17. The van der Waals surface area contributed by atoms with Gasteiger partial charge in [0.25, 0.3) is 0 Å². The van der Waals surface area contributed by atoms with Gasteiger partial charge in [0.05, 0.1) is 11.6 Å². The maximum atomic E-state index is 12.5. The van der Waals surface area contributed by atoms with Crippen LogP contribution >= 0.6 is 39.9 Å². The van der Waals surface area contributed by atoms with Gasteiger partial charge in [0.1, 0.15) is 4.90 Å². The number of halogens is 3. The molecular weight excluding hydrogens is 403 g/mol. The quantitative estimate of drug-likeness (QED) is 0.808. The molecule has 1 aliphatic rings. The van der Waals surface area contributed by atoms with Crippen molar-refractivity contribution in [2.75, 3.05) is 39.3 Å². The molecule has 0 unspecified atom stereocenters. The van der Waals surface area contributed by atoms with Crippen LogP contribution in [0.2, 0.25) is 5.02 Å². The van der Waals surface area contributed by atoms with Crippen molar-refractivity contribution >= 4 is 50.0 Å². The van der Waals surface area contributed by atoms with Crippen LogP contribution < -0.4 is 0 Å². The van der Waals surface area contributed by atoms with Crippen LogP contribution in [0.1, 0.15) is 0 Å². The lowest BCUT2D eigenvalue weighted by Gasteiger charge is -2.33. The Hall–Kier alpha value is 0.110. The van der Waals surface area contributed by atoms with E-state index in [1.54, 1.807) is 12.1 Å². The molecule has 0 amide bonds. The molecule has 1 aliphatic heterocycles. The van der Waals surface area contributed by atoms with E-state index in [9.17, 15) is 8.42 Å². The molecule has 0 aliphatic carbocycles. The Balaban J connectivity index is 0.00000220. The molecule has 1 N–H and O–H groups in total. The van der Waals surface area contributed by atoms with E-state index in [1.165, 1.54) is 10.4 Å². The summed E-state index contributed by atoms with van der Waals surface area (Å²) in [7, 11) is -3.56. The van der Waals surface area contributed by atoms with Crippen molar-refractivity contribution in [1.29, 1.82) is 0 Å². The minimum Gasteiger partial charge on any atom is -0.395 e. The predicted octanol–water partition coefficient (Wildman–Crippen LogP) is 1.82. The topological polar surface area (TPSA) is 60.9 Å². The van der Waals surface area contributed by atoms with Gasteiger partial charge >= 0.3 is 0 Å². The highest BCUT2D eigenvalue weighted by Gasteiger charge is 2.29. The smallest absolute Gasteiger partial charge is 0.244 e. The first-order chi connectivity index (χ1) is 9.45. The van der Waals surface area contributed by atoms with Gasteiger partial charge in [-0.15, -0.1) is 12.4 Å². The van der Waals surface area contributed by atoms with E-state index in [4.69, 9.17) is 16.7 Å². The van der Waals surface area contributed by atoms with Crippen molar-refractivity contribution in [2.45, 2.75) is 4.90 Å². The fraction of sp³-hybridized carbons (Fsp3) is 0.500. The number of rotatable bonds is 4. The number of nitrogens with zero attached hydrogens (tertiary/aromatic N) is 2. The maximum Gasteiger partial charge on any atom is 0.244 e. The van der Waals surface area contributed by atoms with Crippen molar-refractivity contribution < 1.29 is 13.5 Å². The highest BCUT2D eigenvalue weighted by Crippen LogP contribution is 2.28. The second kappa shape index (κ2) is 8.10. The van der Waals surface area contributed by atoms with E-state index in [0.717, 1.165) is 4.47 Å². The van der Waals surface area contributed by atoms with Gasteiger partial charge in [-0.1, -0.05) is 27.5 Å². The minimum absolute atomic E-state index is 0. The second-order valence-corrected chi connectivity index (χ2v) is 7.77. The Bertz CT molecular complexity index is 578. The van der Waals surface area contributed by atoms with Gasteiger partial charge in [0, 0.05) is 37.2 Å². The standard InChI is InChI=1S/C12H16BrClN2O3S.ClH/c13-10-1-2-12(11(14)9-10)20(18,19)16-5-3-15(4-6-16)7-8-17;/h1-2,9,17H,3-8H2;1H. The molecule has 1 heterocycles. The number of piperazine rings is 1. The number of β-amino-alcohol motifs (C(OH)–C–C–N with tert-alkyl or cyclic N) is 1. The Kier molecular flexibility index (Phi) is 7.39. The molecule has 0 atom stereocenters. The molecule has 0 saturated carbocycles. The third kappa shape index (κ3) is 4.54. The van der Waals surface area contributed by atoms with Crippen LogP contribution in [0.25, 0.3) is 0 Å². The molecule has 1 aromatic rings. The van der Waals surface area contributed by atoms with E-state index in [2.05, 4.69) is 15.9 Å². The maximum absolute atomic E-state index is 12.5. The number of aliphatic hydroxyl groups is 1. The molecular formula is C12H17BrCl2N2O3S. The first-order valence-electron chi connectivity index (χ1n) is 6.23. The van der Waals surface area contributed by atoms with Crippen molar-refractivity contribution in [2.24, 2.45) is 0 Å². The highest BCUT2D eigenvalue weighted by molar-refractivity contribution is 9.10. The number of hydrogen-bond donors (Lipinski definition) is 1. The van der Waals surface area contributed by atoms with Crippen LogP contribution in [0.3, 0.4) is 0 Å². The van der Waals surface area contributed by atoms with E-state index >= 15 is 0 Å². The van der Waals surface area contributed by atoms with Crippen LogP contribution in [-0.4, -0.2) is 62.1 Å². The molecule has 1 fully saturated rings. The lowest BCUT2D eigenvalue weighted by Crippen LogP contribution is -2.49. The zero-order valence-corrected chi connectivity index (χ0v) is 15.2. The molecule has 9 heteroatoms. The fourth-order valence-electron chi connectivity index (χ4n) is 2.16.